The summed E-state index contributed by atoms with van der Waals surface area (Å²) in [5, 5.41) is 3.36. The van der Waals surface area contributed by atoms with E-state index in [2.05, 4.69) is 16.2 Å². The largest absolute Gasteiger partial charge is 0.334 e. The highest BCUT2D eigenvalue weighted by molar-refractivity contribution is 5.83. The molecule has 1 amide bonds. The van der Waals surface area contributed by atoms with Crippen LogP contribution in [0, 0.1) is 17.6 Å². The lowest BCUT2D eigenvalue weighted by atomic mass is 9.88. The Morgan fingerprint density at radius 1 is 1.15 bits per heavy atom. The van der Waals surface area contributed by atoms with E-state index in [1.165, 1.54) is 6.07 Å². The van der Waals surface area contributed by atoms with Crippen LogP contribution in [0.25, 0.3) is 0 Å². The summed E-state index contributed by atoms with van der Waals surface area (Å²) in [4.78, 5) is 15.1. The van der Waals surface area contributed by atoms with Gasteiger partial charge in [-0.25, -0.2) is 14.2 Å². The highest BCUT2D eigenvalue weighted by Gasteiger charge is 2.44. The highest BCUT2D eigenvalue weighted by Crippen LogP contribution is 2.29. The maximum absolute atomic E-state index is 14.2. The summed E-state index contributed by atoms with van der Waals surface area (Å²) >= 11 is 0. The van der Waals surface area contributed by atoms with Gasteiger partial charge < -0.3 is 10.2 Å². The van der Waals surface area contributed by atoms with Crippen LogP contribution in [0.4, 0.5) is 8.78 Å². The third-order valence-corrected chi connectivity index (χ3v) is 6.04. The second-order valence-electron chi connectivity index (χ2n) is 7.67. The average molecular weight is 364 g/mol. The molecule has 2 saturated heterocycles. The van der Waals surface area contributed by atoms with Gasteiger partial charge in [0.1, 0.15) is 17.7 Å². The van der Waals surface area contributed by atoms with E-state index in [-0.39, 0.29) is 42.1 Å². The van der Waals surface area contributed by atoms with Crippen molar-refractivity contribution in [2.24, 2.45) is 5.92 Å². The van der Waals surface area contributed by atoms with Gasteiger partial charge in [-0.3, -0.25) is 10.2 Å². The van der Waals surface area contributed by atoms with Crippen LogP contribution in [0.3, 0.4) is 0 Å². The first-order chi connectivity index (χ1) is 12.6. The molecule has 2 aliphatic heterocycles. The molecular weight excluding hydrogens is 338 g/mol. The average Bonchev–Trinajstić information content (AvgIpc) is 3.31. The molecule has 7 heteroatoms. The smallest absolute Gasteiger partial charge is 0.242 e. The molecule has 3 N–H and O–H groups in total. The Morgan fingerprint density at radius 3 is 2.77 bits per heavy atom. The van der Waals surface area contributed by atoms with E-state index in [4.69, 9.17) is 0 Å². The molecule has 4 rings (SSSR count). The fourth-order valence-corrected chi connectivity index (χ4v) is 4.59. The molecule has 2 heterocycles. The van der Waals surface area contributed by atoms with E-state index in [1.54, 1.807) is 4.90 Å². The summed E-state index contributed by atoms with van der Waals surface area (Å²) in [7, 11) is 0. The second-order valence-corrected chi connectivity index (χ2v) is 7.67. The van der Waals surface area contributed by atoms with Crippen molar-refractivity contribution in [2.45, 2.75) is 56.8 Å². The van der Waals surface area contributed by atoms with Crippen molar-refractivity contribution < 1.29 is 13.6 Å². The Labute approximate surface area is 152 Å². The zero-order valence-corrected chi connectivity index (χ0v) is 14.8. The number of carbonyl (C=O) groups excluding carboxylic acids is 1. The maximum Gasteiger partial charge on any atom is 0.242 e. The Balaban J connectivity index is 1.56. The van der Waals surface area contributed by atoms with Gasteiger partial charge in [-0.15, -0.1) is 0 Å². The lowest BCUT2D eigenvalue weighted by molar-refractivity contribution is -0.137. The van der Waals surface area contributed by atoms with Crippen LogP contribution in [0.1, 0.15) is 37.7 Å². The third kappa shape index (κ3) is 3.48. The summed E-state index contributed by atoms with van der Waals surface area (Å²) in [6.07, 6.45) is 4.97. The molecule has 1 aromatic carbocycles. The van der Waals surface area contributed by atoms with Crippen molar-refractivity contribution in [1.29, 1.82) is 0 Å². The van der Waals surface area contributed by atoms with Crippen LogP contribution in [0.2, 0.25) is 0 Å². The number of nitrogens with zero attached hydrogens (tertiary/aromatic N) is 1. The van der Waals surface area contributed by atoms with E-state index in [1.807, 2.05) is 0 Å². The second kappa shape index (κ2) is 7.58. The summed E-state index contributed by atoms with van der Waals surface area (Å²) in [6, 6.07) is 3.50. The van der Waals surface area contributed by atoms with Gasteiger partial charge in [0.25, 0.3) is 0 Å². The van der Waals surface area contributed by atoms with Gasteiger partial charge in [0.05, 0.1) is 0 Å². The predicted octanol–water partition coefficient (Wildman–Crippen LogP) is 1.69. The van der Waals surface area contributed by atoms with Gasteiger partial charge in [-0.2, -0.15) is 0 Å². The van der Waals surface area contributed by atoms with Crippen molar-refractivity contribution in [2.75, 3.05) is 13.1 Å². The molecule has 1 aliphatic carbocycles. The first-order valence-electron chi connectivity index (χ1n) is 9.59. The molecule has 3 atom stereocenters. The molecule has 0 radical (unpaired) electrons. The van der Waals surface area contributed by atoms with E-state index in [9.17, 15) is 13.6 Å². The summed E-state index contributed by atoms with van der Waals surface area (Å²) in [5.41, 5.74) is 6.66. The van der Waals surface area contributed by atoms with Gasteiger partial charge in [0.2, 0.25) is 5.91 Å². The minimum absolute atomic E-state index is 0.00994. The number of rotatable bonds is 4. The fourth-order valence-electron chi connectivity index (χ4n) is 4.59. The standard InChI is InChI=1S/C19H26F2N4O/c20-13-5-6-16(21)12(9-13)11-25(14-3-1-2-4-14)19(26)18-15-10-22-8-7-17(15)23-24-18/h5-6,9,14-15,17-18,22-24H,1-4,7-8,10-11H2. The van der Waals surface area contributed by atoms with Gasteiger partial charge in [0, 0.05) is 36.7 Å². The van der Waals surface area contributed by atoms with Gasteiger partial charge in [-0.1, -0.05) is 12.8 Å². The molecule has 142 valence electrons. The Bertz CT molecular complexity index is 665. The summed E-state index contributed by atoms with van der Waals surface area (Å²) < 4.78 is 27.8. The SMILES string of the molecule is O=C(C1NNC2CCNCC21)N(Cc1cc(F)ccc1F)C1CCCC1. The highest BCUT2D eigenvalue weighted by atomic mass is 19.1. The maximum atomic E-state index is 14.2. The van der Waals surface area contributed by atoms with Gasteiger partial charge in [-0.05, 0) is 44.0 Å². The molecule has 1 saturated carbocycles. The lowest BCUT2D eigenvalue weighted by Crippen LogP contribution is -2.52. The number of benzene rings is 1. The zero-order valence-electron chi connectivity index (χ0n) is 14.8. The topological polar surface area (TPSA) is 56.4 Å². The zero-order chi connectivity index (χ0) is 18.1. The number of hydrogen-bond donors (Lipinski definition) is 3. The quantitative estimate of drug-likeness (QED) is 0.761. The Kier molecular flexibility index (Phi) is 5.20. The number of halogens is 2. The monoisotopic (exact) mass is 364 g/mol. The van der Waals surface area contributed by atoms with E-state index >= 15 is 0 Å². The van der Waals surface area contributed by atoms with Gasteiger partial charge >= 0.3 is 0 Å². The molecule has 0 aromatic heterocycles. The molecule has 0 bridgehead atoms. The minimum Gasteiger partial charge on any atom is -0.334 e. The van der Waals surface area contributed by atoms with E-state index in [0.717, 1.165) is 57.3 Å². The van der Waals surface area contributed by atoms with Crippen molar-refractivity contribution in [3.8, 4) is 0 Å². The van der Waals surface area contributed by atoms with Crippen LogP contribution >= 0.6 is 0 Å². The molecule has 26 heavy (non-hydrogen) atoms. The minimum atomic E-state index is -0.475. The molecule has 1 aromatic rings. The van der Waals surface area contributed by atoms with Crippen molar-refractivity contribution in [1.82, 2.24) is 21.1 Å². The number of carbonyl (C=O) groups is 1. The lowest BCUT2D eigenvalue weighted by Gasteiger charge is -2.34. The van der Waals surface area contributed by atoms with Crippen molar-refractivity contribution >= 4 is 5.91 Å². The first kappa shape index (κ1) is 17.8. The van der Waals surface area contributed by atoms with Crippen LogP contribution in [-0.4, -0.2) is 42.0 Å². The number of amides is 1. The molecule has 0 spiro atoms. The number of hydrogen-bond acceptors (Lipinski definition) is 4. The Hall–Kier alpha value is -1.57. The molecule has 3 fully saturated rings. The van der Waals surface area contributed by atoms with E-state index in [0.29, 0.717) is 0 Å². The number of nitrogens with one attached hydrogen (secondary N) is 3. The van der Waals surface area contributed by atoms with E-state index < -0.39 is 11.6 Å². The van der Waals surface area contributed by atoms with Crippen LogP contribution in [-0.2, 0) is 11.3 Å². The molecule has 5 nitrogen and oxygen atoms in total. The first-order valence-corrected chi connectivity index (χ1v) is 9.59. The fraction of sp³-hybridized carbons (Fsp3) is 0.632. The van der Waals surface area contributed by atoms with Gasteiger partial charge in [0.15, 0.2) is 0 Å². The van der Waals surface area contributed by atoms with Crippen molar-refractivity contribution in [3.63, 3.8) is 0 Å². The predicted molar refractivity (Wildman–Crippen MR) is 94.0 cm³/mol. The summed E-state index contributed by atoms with van der Waals surface area (Å²) in [5.74, 6) is -0.767. The number of hydrazine groups is 1. The van der Waals surface area contributed by atoms with Crippen LogP contribution < -0.4 is 16.2 Å². The van der Waals surface area contributed by atoms with Crippen LogP contribution in [0.5, 0.6) is 0 Å². The van der Waals surface area contributed by atoms with Crippen molar-refractivity contribution in [3.05, 3.63) is 35.4 Å². The Morgan fingerprint density at radius 2 is 1.96 bits per heavy atom. The number of fused-ring (bicyclic) bond motifs is 1. The third-order valence-electron chi connectivity index (χ3n) is 6.04. The molecular formula is C19H26F2N4O. The normalized spacial score (nSPS) is 28.9. The number of piperidine rings is 1. The summed E-state index contributed by atoms with van der Waals surface area (Å²) in [6.45, 7) is 1.85. The molecule has 3 aliphatic rings. The molecule has 3 unspecified atom stereocenters. The van der Waals surface area contributed by atoms with Crippen LogP contribution in [0.15, 0.2) is 18.2 Å².